The summed E-state index contributed by atoms with van der Waals surface area (Å²) in [5.74, 6) is 3.26. The van der Waals surface area contributed by atoms with Gasteiger partial charge in [0.1, 0.15) is 0 Å². The van der Waals surface area contributed by atoms with Gasteiger partial charge in [0.25, 0.3) is 0 Å². The van der Waals surface area contributed by atoms with Gasteiger partial charge in [0.05, 0.1) is 13.1 Å². The van der Waals surface area contributed by atoms with Gasteiger partial charge >= 0.3 is 0 Å². The lowest BCUT2D eigenvalue weighted by molar-refractivity contribution is -0.129. The molecule has 0 bridgehead atoms. The largest absolute Gasteiger partial charge is 0.341 e. The highest BCUT2D eigenvalue weighted by Gasteiger charge is 2.22. The molecule has 1 aliphatic rings. The Labute approximate surface area is 79.5 Å². The van der Waals surface area contributed by atoms with Crippen LogP contribution in [0.25, 0.3) is 0 Å². The van der Waals surface area contributed by atoms with E-state index in [1.807, 2.05) is 4.90 Å². The second-order valence-corrected chi connectivity index (χ2v) is 3.54. The topological polar surface area (TPSA) is 32.3 Å². The molecule has 72 valence electrons. The first kappa shape index (κ1) is 10.1. The predicted molar refractivity (Wildman–Crippen MR) is 52.1 cm³/mol. The summed E-state index contributed by atoms with van der Waals surface area (Å²) in [4.78, 5) is 13.4. The van der Waals surface area contributed by atoms with Gasteiger partial charge in [0, 0.05) is 13.1 Å². The van der Waals surface area contributed by atoms with Crippen LogP contribution in [-0.4, -0.2) is 37.0 Å². The summed E-state index contributed by atoms with van der Waals surface area (Å²) < 4.78 is 0. The predicted octanol–water partition coefficient (Wildman–Crippen LogP) is 0.0776. The maximum atomic E-state index is 11.5. The van der Waals surface area contributed by atoms with E-state index in [9.17, 15) is 4.79 Å². The fourth-order valence-electron chi connectivity index (χ4n) is 1.51. The summed E-state index contributed by atoms with van der Waals surface area (Å²) in [6.45, 7) is 4.81. The molecule has 1 saturated heterocycles. The number of terminal acetylenes is 1. The molecule has 1 amide bonds. The van der Waals surface area contributed by atoms with Crippen molar-refractivity contribution in [1.82, 2.24) is 10.2 Å². The van der Waals surface area contributed by atoms with Crippen molar-refractivity contribution in [2.45, 2.75) is 13.3 Å². The Kier molecular flexibility index (Phi) is 3.78. The fourth-order valence-corrected chi connectivity index (χ4v) is 1.51. The number of carbonyl (C=O) groups excluding carboxylic acids is 1. The fraction of sp³-hybridized carbons (Fsp3) is 0.700. The Morgan fingerprint density at radius 3 is 3.08 bits per heavy atom. The minimum atomic E-state index is 0.166. The number of hydrogen-bond acceptors (Lipinski definition) is 2. The van der Waals surface area contributed by atoms with Crippen molar-refractivity contribution < 1.29 is 4.79 Å². The minimum absolute atomic E-state index is 0.166. The Morgan fingerprint density at radius 2 is 2.54 bits per heavy atom. The van der Waals surface area contributed by atoms with Crippen molar-refractivity contribution in [2.75, 3.05) is 26.2 Å². The third kappa shape index (κ3) is 3.08. The first-order valence-corrected chi connectivity index (χ1v) is 4.66. The van der Waals surface area contributed by atoms with E-state index >= 15 is 0 Å². The van der Waals surface area contributed by atoms with Crippen molar-refractivity contribution in [1.29, 1.82) is 0 Å². The van der Waals surface area contributed by atoms with Gasteiger partial charge in [-0.05, 0) is 12.3 Å². The molecule has 3 nitrogen and oxygen atoms in total. The normalized spacial score (nSPS) is 21.5. The molecule has 1 rings (SSSR count). The number of nitrogens with one attached hydrogen (secondary N) is 1. The van der Waals surface area contributed by atoms with Crippen LogP contribution in [-0.2, 0) is 4.79 Å². The van der Waals surface area contributed by atoms with Crippen LogP contribution in [0, 0.1) is 18.3 Å². The monoisotopic (exact) mass is 180 g/mol. The van der Waals surface area contributed by atoms with E-state index in [2.05, 4.69) is 18.2 Å². The van der Waals surface area contributed by atoms with Gasteiger partial charge in [-0.2, -0.15) is 0 Å². The molecule has 1 heterocycles. The summed E-state index contributed by atoms with van der Waals surface area (Å²) in [5, 5.41) is 2.90. The quantitative estimate of drug-likeness (QED) is 0.492. The van der Waals surface area contributed by atoms with E-state index in [0.29, 0.717) is 19.0 Å². The summed E-state index contributed by atoms with van der Waals surface area (Å²) in [6, 6.07) is 0. The van der Waals surface area contributed by atoms with Crippen LogP contribution in [0.4, 0.5) is 0 Å². The van der Waals surface area contributed by atoms with E-state index in [-0.39, 0.29) is 5.91 Å². The van der Waals surface area contributed by atoms with E-state index in [4.69, 9.17) is 6.42 Å². The SMILES string of the molecule is C#CCNCC(=O)N1CCC(C)C1. The lowest BCUT2D eigenvalue weighted by Gasteiger charge is -2.15. The summed E-state index contributed by atoms with van der Waals surface area (Å²) >= 11 is 0. The van der Waals surface area contributed by atoms with Crippen molar-refractivity contribution >= 4 is 5.91 Å². The molecule has 13 heavy (non-hydrogen) atoms. The molecule has 0 spiro atoms. The van der Waals surface area contributed by atoms with E-state index in [1.54, 1.807) is 0 Å². The van der Waals surface area contributed by atoms with Crippen LogP contribution in [0.3, 0.4) is 0 Å². The van der Waals surface area contributed by atoms with Crippen molar-refractivity contribution in [3.8, 4) is 12.3 Å². The Bertz CT molecular complexity index is 219. The number of likely N-dealkylation sites (tertiary alicyclic amines) is 1. The highest BCUT2D eigenvalue weighted by Crippen LogP contribution is 2.14. The van der Waals surface area contributed by atoms with E-state index in [1.165, 1.54) is 0 Å². The molecule has 0 saturated carbocycles. The first-order valence-electron chi connectivity index (χ1n) is 4.66. The molecule has 1 N–H and O–H groups in total. The molecule has 0 aliphatic carbocycles. The molecule has 1 unspecified atom stereocenters. The van der Waals surface area contributed by atoms with Gasteiger partial charge in [-0.3, -0.25) is 10.1 Å². The molecule has 1 atom stereocenters. The summed E-state index contributed by atoms with van der Waals surface area (Å²) in [7, 11) is 0. The average Bonchev–Trinajstić information content (AvgIpc) is 2.52. The van der Waals surface area contributed by atoms with Gasteiger partial charge in [-0.1, -0.05) is 12.8 Å². The summed E-state index contributed by atoms with van der Waals surface area (Å²) in [5.41, 5.74) is 0. The van der Waals surface area contributed by atoms with Crippen molar-refractivity contribution in [3.63, 3.8) is 0 Å². The lowest BCUT2D eigenvalue weighted by Crippen LogP contribution is -2.36. The van der Waals surface area contributed by atoms with Crippen LogP contribution in [0.15, 0.2) is 0 Å². The van der Waals surface area contributed by atoms with Gasteiger partial charge in [0.15, 0.2) is 0 Å². The van der Waals surface area contributed by atoms with Crippen molar-refractivity contribution in [3.05, 3.63) is 0 Å². The average molecular weight is 180 g/mol. The number of amides is 1. The molecule has 1 fully saturated rings. The molecular weight excluding hydrogens is 164 g/mol. The standard InChI is InChI=1S/C10H16N2O/c1-3-5-11-7-10(13)12-6-4-9(2)8-12/h1,9,11H,4-8H2,2H3. The highest BCUT2D eigenvalue weighted by molar-refractivity contribution is 5.78. The number of rotatable bonds is 3. The van der Waals surface area contributed by atoms with Gasteiger partial charge < -0.3 is 4.90 Å². The summed E-state index contributed by atoms with van der Waals surface area (Å²) in [6.07, 6.45) is 6.18. The lowest BCUT2D eigenvalue weighted by atomic mass is 10.2. The zero-order valence-electron chi connectivity index (χ0n) is 8.05. The maximum Gasteiger partial charge on any atom is 0.236 e. The first-order chi connectivity index (χ1) is 6.24. The Hall–Kier alpha value is -1.01. The van der Waals surface area contributed by atoms with Crippen molar-refractivity contribution in [2.24, 2.45) is 5.92 Å². The second kappa shape index (κ2) is 4.88. The van der Waals surface area contributed by atoms with Gasteiger partial charge in [0.2, 0.25) is 5.91 Å². The third-order valence-electron chi connectivity index (χ3n) is 2.28. The van der Waals surface area contributed by atoms with Gasteiger partial charge in [-0.25, -0.2) is 0 Å². The van der Waals surface area contributed by atoms with Crippen LogP contribution in [0.5, 0.6) is 0 Å². The number of carbonyl (C=O) groups is 1. The van der Waals surface area contributed by atoms with Gasteiger partial charge in [-0.15, -0.1) is 6.42 Å². The minimum Gasteiger partial charge on any atom is -0.341 e. The molecule has 1 aliphatic heterocycles. The molecular formula is C10H16N2O. The van der Waals surface area contributed by atoms with Crippen LogP contribution >= 0.6 is 0 Å². The van der Waals surface area contributed by atoms with Crippen LogP contribution in [0.2, 0.25) is 0 Å². The number of hydrogen-bond donors (Lipinski definition) is 1. The van der Waals surface area contributed by atoms with Crippen LogP contribution < -0.4 is 5.32 Å². The third-order valence-corrected chi connectivity index (χ3v) is 2.28. The van der Waals surface area contributed by atoms with Crippen LogP contribution in [0.1, 0.15) is 13.3 Å². The molecule has 0 aromatic carbocycles. The zero-order valence-corrected chi connectivity index (χ0v) is 8.05. The molecule has 0 aromatic heterocycles. The highest BCUT2D eigenvalue weighted by atomic mass is 16.2. The maximum absolute atomic E-state index is 11.5. The second-order valence-electron chi connectivity index (χ2n) is 3.54. The molecule has 0 radical (unpaired) electrons. The molecule has 0 aromatic rings. The van der Waals surface area contributed by atoms with E-state index in [0.717, 1.165) is 19.5 Å². The van der Waals surface area contributed by atoms with E-state index < -0.39 is 0 Å². The zero-order chi connectivity index (χ0) is 9.68. The smallest absolute Gasteiger partial charge is 0.236 e. The Morgan fingerprint density at radius 1 is 1.77 bits per heavy atom. The Balaban J connectivity index is 2.21. The molecule has 3 heteroatoms. The number of nitrogens with zero attached hydrogens (tertiary/aromatic N) is 1.